The number of likely N-dealkylation sites (tertiary alicyclic amines) is 1. The number of hydrogen-bond acceptors (Lipinski definition) is 7. The second kappa shape index (κ2) is 6.95. The van der Waals surface area contributed by atoms with Crippen LogP contribution in [0.2, 0.25) is 0 Å². The van der Waals surface area contributed by atoms with Crippen LogP contribution in [0.3, 0.4) is 0 Å². The largest absolute Gasteiger partial charge is 0.454 e. The van der Waals surface area contributed by atoms with Crippen LogP contribution in [-0.2, 0) is 0 Å². The van der Waals surface area contributed by atoms with Crippen LogP contribution in [0.5, 0.6) is 11.5 Å². The van der Waals surface area contributed by atoms with Crippen molar-refractivity contribution in [3.05, 3.63) is 47.5 Å². The zero-order valence-electron chi connectivity index (χ0n) is 16.3. The van der Waals surface area contributed by atoms with Crippen molar-refractivity contribution in [3.8, 4) is 22.8 Å². The number of fused-ring (bicyclic) bond motifs is 1. The highest BCUT2D eigenvalue weighted by Crippen LogP contribution is 2.37. The third kappa shape index (κ3) is 3.14. The maximum absolute atomic E-state index is 13.1. The summed E-state index contributed by atoms with van der Waals surface area (Å²) in [6, 6.07) is 8.96. The Morgan fingerprint density at radius 3 is 2.79 bits per heavy atom. The molecule has 4 heterocycles. The third-order valence-corrected chi connectivity index (χ3v) is 5.37. The van der Waals surface area contributed by atoms with Gasteiger partial charge in [0, 0.05) is 24.2 Å². The number of hydrogen-bond donors (Lipinski definition) is 0. The summed E-state index contributed by atoms with van der Waals surface area (Å²) in [5.74, 6) is 2.67. The number of carbonyl (C=O) groups is 1. The van der Waals surface area contributed by atoms with Crippen molar-refractivity contribution in [2.24, 2.45) is 0 Å². The first-order valence-corrected chi connectivity index (χ1v) is 9.74. The fourth-order valence-corrected chi connectivity index (χ4v) is 3.75. The minimum atomic E-state index is -0.175. The average molecular weight is 395 g/mol. The van der Waals surface area contributed by atoms with Gasteiger partial charge in [0.1, 0.15) is 0 Å². The molecule has 2 aliphatic rings. The second-order valence-electron chi connectivity index (χ2n) is 7.61. The van der Waals surface area contributed by atoms with Gasteiger partial charge in [-0.05, 0) is 37.0 Å². The molecule has 1 aromatic carbocycles. The van der Waals surface area contributed by atoms with Crippen LogP contribution < -0.4 is 9.47 Å². The smallest absolute Gasteiger partial charge is 0.276 e. The van der Waals surface area contributed by atoms with Gasteiger partial charge in [0.05, 0.1) is 11.7 Å². The van der Waals surface area contributed by atoms with Crippen molar-refractivity contribution in [3.63, 3.8) is 0 Å². The first-order chi connectivity index (χ1) is 14.1. The summed E-state index contributed by atoms with van der Waals surface area (Å²) in [5, 5.41) is 8.14. The Hall–Kier alpha value is -3.29. The monoisotopic (exact) mass is 395 g/mol. The van der Waals surface area contributed by atoms with Gasteiger partial charge in [0.25, 0.3) is 5.91 Å². The van der Waals surface area contributed by atoms with Crippen LogP contribution in [0.1, 0.15) is 60.6 Å². The van der Waals surface area contributed by atoms with E-state index in [-0.39, 0.29) is 30.4 Å². The predicted molar refractivity (Wildman–Crippen MR) is 102 cm³/mol. The molecule has 1 amide bonds. The molecule has 150 valence electrons. The standard InChI is InChI=1S/C21H21N3O5/c1-12(2)14-9-19(29-22-14)16-4-3-7-24(16)21(25)15-10-18(28-23-15)13-5-6-17-20(8-13)27-11-26-17/h5-6,8-10,12,16H,3-4,7,11H2,1-2H3. The van der Waals surface area contributed by atoms with Gasteiger partial charge in [0.15, 0.2) is 28.7 Å². The number of nitrogens with zero attached hydrogens (tertiary/aromatic N) is 3. The number of rotatable bonds is 4. The molecule has 2 aromatic heterocycles. The molecule has 0 aliphatic carbocycles. The lowest BCUT2D eigenvalue weighted by molar-refractivity contribution is 0.0704. The van der Waals surface area contributed by atoms with E-state index in [0.29, 0.717) is 23.8 Å². The molecular formula is C21H21N3O5. The van der Waals surface area contributed by atoms with E-state index in [9.17, 15) is 4.79 Å². The van der Waals surface area contributed by atoms with E-state index >= 15 is 0 Å². The van der Waals surface area contributed by atoms with Crippen molar-refractivity contribution < 1.29 is 23.3 Å². The first-order valence-electron chi connectivity index (χ1n) is 9.74. The maximum Gasteiger partial charge on any atom is 0.276 e. The molecule has 0 saturated carbocycles. The van der Waals surface area contributed by atoms with E-state index in [1.54, 1.807) is 11.0 Å². The lowest BCUT2D eigenvalue weighted by Crippen LogP contribution is -2.30. The Balaban J connectivity index is 1.37. The highest BCUT2D eigenvalue weighted by molar-refractivity contribution is 5.93. The summed E-state index contributed by atoms with van der Waals surface area (Å²) >= 11 is 0. The minimum Gasteiger partial charge on any atom is -0.454 e. The highest BCUT2D eigenvalue weighted by Gasteiger charge is 2.35. The fourth-order valence-electron chi connectivity index (χ4n) is 3.75. The molecule has 0 N–H and O–H groups in total. The lowest BCUT2D eigenvalue weighted by Gasteiger charge is -2.21. The van der Waals surface area contributed by atoms with Gasteiger partial charge >= 0.3 is 0 Å². The Morgan fingerprint density at radius 2 is 1.97 bits per heavy atom. The van der Waals surface area contributed by atoms with Crippen LogP contribution in [0.15, 0.2) is 39.4 Å². The molecule has 8 heteroatoms. The summed E-state index contributed by atoms with van der Waals surface area (Å²) in [6.45, 7) is 4.97. The minimum absolute atomic E-state index is 0.131. The molecular weight excluding hydrogens is 374 g/mol. The van der Waals surface area contributed by atoms with E-state index in [2.05, 4.69) is 24.2 Å². The van der Waals surface area contributed by atoms with Crippen LogP contribution >= 0.6 is 0 Å². The second-order valence-corrected chi connectivity index (χ2v) is 7.61. The zero-order valence-corrected chi connectivity index (χ0v) is 16.3. The van der Waals surface area contributed by atoms with Gasteiger partial charge in [-0.2, -0.15) is 0 Å². The molecule has 29 heavy (non-hydrogen) atoms. The van der Waals surface area contributed by atoms with E-state index in [0.717, 1.165) is 29.9 Å². The Labute approximate surface area is 167 Å². The number of benzene rings is 1. The molecule has 2 aliphatic heterocycles. The van der Waals surface area contributed by atoms with E-state index in [4.69, 9.17) is 18.5 Å². The molecule has 0 bridgehead atoms. The fraction of sp³-hybridized carbons (Fsp3) is 0.381. The average Bonchev–Trinajstić information content (AvgIpc) is 3.52. The van der Waals surface area contributed by atoms with Gasteiger partial charge in [-0.3, -0.25) is 4.79 Å². The predicted octanol–water partition coefficient (Wildman–Crippen LogP) is 4.16. The number of ether oxygens (including phenoxy) is 2. The van der Waals surface area contributed by atoms with Crippen LogP contribution in [0.4, 0.5) is 0 Å². The summed E-state index contributed by atoms with van der Waals surface area (Å²) in [7, 11) is 0. The highest BCUT2D eigenvalue weighted by atomic mass is 16.7. The van der Waals surface area contributed by atoms with Crippen molar-refractivity contribution in [2.45, 2.75) is 38.6 Å². The summed E-state index contributed by atoms with van der Waals surface area (Å²) in [5.41, 5.74) is 1.94. The van der Waals surface area contributed by atoms with Crippen LogP contribution in [0.25, 0.3) is 11.3 Å². The van der Waals surface area contributed by atoms with Gasteiger partial charge in [-0.25, -0.2) is 0 Å². The molecule has 0 radical (unpaired) electrons. The number of amides is 1. The summed E-state index contributed by atoms with van der Waals surface area (Å²) in [4.78, 5) is 14.9. The number of carbonyl (C=O) groups excluding carboxylic acids is 1. The first kappa shape index (κ1) is 17.8. The van der Waals surface area contributed by atoms with Crippen molar-refractivity contribution >= 4 is 5.91 Å². The van der Waals surface area contributed by atoms with Crippen LogP contribution in [0, 0.1) is 0 Å². The van der Waals surface area contributed by atoms with E-state index in [1.807, 2.05) is 24.3 Å². The summed E-state index contributed by atoms with van der Waals surface area (Å²) < 4.78 is 21.7. The van der Waals surface area contributed by atoms with Gasteiger partial charge in [-0.1, -0.05) is 24.2 Å². The van der Waals surface area contributed by atoms with Crippen molar-refractivity contribution in [1.29, 1.82) is 0 Å². The van der Waals surface area contributed by atoms with Crippen LogP contribution in [-0.4, -0.2) is 34.5 Å². The van der Waals surface area contributed by atoms with Gasteiger partial charge in [-0.15, -0.1) is 0 Å². The topological polar surface area (TPSA) is 90.8 Å². The van der Waals surface area contributed by atoms with Gasteiger partial charge < -0.3 is 23.4 Å². The Kier molecular flexibility index (Phi) is 4.26. The van der Waals surface area contributed by atoms with Gasteiger partial charge in [0.2, 0.25) is 6.79 Å². The molecule has 1 fully saturated rings. The Bertz CT molecular complexity index is 1050. The van der Waals surface area contributed by atoms with Crippen molar-refractivity contribution in [1.82, 2.24) is 15.2 Å². The zero-order chi connectivity index (χ0) is 20.0. The summed E-state index contributed by atoms with van der Waals surface area (Å²) in [6.07, 6.45) is 1.74. The van der Waals surface area contributed by atoms with E-state index in [1.165, 1.54) is 0 Å². The maximum atomic E-state index is 13.1. The number of aromatic nitrogens is 2. The lowest BCUT2D eigenvalue weighted by atomic mass is 10.1. The molecule has 3 aromatic rings. The molecule has 5 rings (SSSR count). The van der Waals surface area contributed by atoms with E-state index < -0.39 is 0 Å². The quantitative estimate of drug-likeness (QED) is 0.655. The SMILES string of the molecule is CC(C)c1cc(C2CCCN2C(=O)c2cc(-c3ccc4c(c3)OCO4)on2)on1. The normalized spacial score (nSPS) is 18.0. The Morgan fingerprint density at radius 1 is 1.10 bits per heavy atom. The van der Waals surface area contributed by atoms with Crippen molar-refractivity contribution in [2.75, 3.05) is 13.3 Å². The molecule has 1 atom stereocenters. The molecule has 1 saturated heterocycles. The molecule has 1 unspecified atom stereocenters. The molecule has 0 spiro atoms. The third-order valence-electron chi connectivity index (χ3n) is 5.37. The molecule has 8 nitrogen and oxygen atoms in total.